The zero-order valence-corrected chi connectivity index (χ0v) is 26.2. The van der Waals surface area contributed by atoms with Gasteiger partial charge >= 0.3 is 6.18 Å². The van der Waals surface area contributed by atoms with Crippen LogP contribution in [0.1, 0.15) is 40.6 Å². The van der Waals surface area contributed by atoms with E-state index in [1.165, 1.54) is 23.0 Å². The molecule has 1 aliphatic heterocycles. The Morgan fingerprint density at radius 3 is 2.64 bits per heavy atom. The highest BCUT2D eigenvalue weighted by Gasteiger charge is 2.31. The Morgan fingerprint density at radius 2 is 1.89 bits per heavy atom. The third-order valence-corrected chi connectivity index (χ3v) is 9.77. The fraction of sp³-hybridized carbons (Fsp3) is 0.382. The summed E-state index contributed by atoms with van der Waals surface area (Å²) in [5.41, 5.74) is 5.46. The van der Waals surface area contributed by atoms with Crippen molar-refractivity contribution in [2.24, 2.45) is 0 Å². The SMILES string of the molecule is CCn1c(C#N)cc2c(C)c(CN3CC[C@@H](Nc4ncnc5sc(CC(F)(F)F)cc45)[C@H](NCCc4ccccc4)C3)ccc21. The van der Waals surface area contributed by atoms with Gasteiger partial charge < -0.3 is 15.2 Å². The summed E-state index contributed by atoms with van der Waals surface area (Å²) in [5.74, 6) is 0.577. The van der Waals surface area contributed by atoms with E-state index in [1.807, 2.05) is 24.3 Å². The summed E-state index contributed by atoms with van der Waals surface area (Å²) >= 11 is 1.07. The second-order valence-electron chi connectivity index (χ2n) is 11.7. The summed E-state index contributed by atoms with van der Waals surface area (Å²) in [5, 5.41) is 18.8. The van der Waals surface area contributed by atoms with E-state index in [-0.39, 0.29) is 17.0 Å². The van der Waals surface area contributed by atoms with E-state index in [0.29, 0.717) is 21.7 Å². The average molecular weight is 632 g/mol. The van der Waals surface area contributed by atoms with E-state index >= 15 is 0 Å². The minimum absolute atomic E-state index is 0.0291. The van der Waals surface area contributed by atoms with Crippen molar-refractivity contribution >= 4 is 38.3 Å². The number of nitrogens with zero attached hydrogens (tertiary/aromatic N) is 5. The Balaban J connectivity index is 1.21. The maximum atomic E-state index is 13.1. The van der Waals surface area contributed by atoms with Gasteiger partial charge in [0.15, 0.2) is 0 Å². The predicted octanol–water partition coefficient (Wildman–Crippen LogP) is 6.84. The van der Waals surface area contributed by atoms with Gasteiger partial charge in [-0.05, 0) is 68.1 Å². The first kappa shape index (κ1) is 31.0. The van der Waals surface area contributed by atoms with Crippen LogP contribution >= 0.6 is 11.3 Å². The van der Waals surface area contributed by atoms with E-state index < -0.39 is 12.6 Å². The number of hydrogen-bond acceptors (Lipinski definition) is 7. The number of nitriles is 1. The van der Waals surface area contributed by atoms with Crippen LogP contribution in [0.3, 0.4) is 0 Å². The molecule has 0 bridgehead atoms. The number of fused-ring (bicyclic) bond motifs is 2. The van der Waals surface area contributed by atoms with Crippen molar-refractivity contribution in [1.82, 2.24) is 24.8 Å². The molecule has 11 heteroatoms. The number of alkyl halides is 3. The number of thiophene rings is 1. The van der Waals surface area contributed by atoms with E-state index in [1.54, 1.807) is 6.07 Å². The second-order valence-corrected chi connectivity index (χ2v) is 12.8. The standard InChI is InChI=1S/C34H36F3N7S/c1-3-44-25(18-38)15-27-22(2)24(9-10-31(27)44)19-43-14-12-29(30(20-43)39-13-11-23-7-5-4-6-8-23)42-32-28-16-26(17-34(35,36)37)45-33(28)41-21-40-32/h4-10,15-16,21,29-30,39H,3,11-14,17,19-20H2,1-2H3,(H,40,41,42)/t29-,30-/m1/s1. The normalized spacial score (nSPS) is 17.6. The third kappa shape index (κ3) is 6.98. The van der Waals surface area contributed by atoms with Crippen LogP contribution in [0.4, 0.5) is 19.0 Å². The van der Waals surface area contributed by atoms with Crippen LogP contribution in [0.2, 0.25) is 0 Å². The van der Waals surface area contributed by atoms with Gasteiger partial charge in [-0.2, -0.15) is 18.4 Å². The van der Waals surface area contributed by atoms with Crippen LogP contribution in [-0.4, -0.2) is 57.3 Å². The molecule has 3 aromatic heterocycles. The van der Waals surface area contributed by atoms with Gasteiger partial charge in [-0.25, -0.2) is 9.97 Å². The monoisotopic (exact) mass is 631 g/mol. The van der Waals surface area contributed by atoms with Gasteiger partial charge in [0.1, 0.15) is 28.7 Å². The first-order chi connectivity index (χ1) is 21.7. The van der Waals surface area contributed by atoms with Crippen molar-refractivity contribution in [1.29, 1.82) is 5.26 Å². The largest absolute Gasteiger partial charge is 0.393 e. The summed E-state index contributed by atoms with van der Waals surface area (Å²) in [6.45, 7) is 8.16. The number of nitrogens with one attached hydrogen (secondary N) is 2. The number of benzene rings is 2. The smallest absolute Gasteiger partial charge is 0.365 e. The Morgan fingerprint density at radius 1 is 1.07 bits per heavy atom. The van der Waals surface area contributed by atoms with Crippen LogP contribution in [0.5, 0.6) is 0 Å². The number of anilines is 1. The first-order valence-corrected chi connectivity index (χ1v) is 16.1. The summed E-state index contributed by atoms with van der Waals surface area (Å²) in [4.78, 5) is 12.0. The predicted molar refractivity (Wildman–Crippen MR) is 173 cm³/mol. The van der Waals surface area contributed by atoms with Gasteiger partial charge in [0.2, 0.25) is 0 Å². The van der Waals surface area contributed by atoms with E-state index in [9.17, 15) is 18.4 Å². The van der Waals surface area contributed by atoms with Gasteiger partial charge in [0.25, 0.3) is 0 Å². The molecule has 1 saturated heterocycles. The van der Waals surface area contributed by atoms with Gasteiger partial charge in [0.05, 0.1) is 11.8 Å². The van der Waals surface area contributed by atoms with Gasteiger partial charge in [-0.1, -0.05) is 36.4 Å². The van der Waals surface area contributed by atoms with Gasteiger partial charge in [-0.3, -0.25) is 4.90 Å². The Hall–Kier alpha value is -3.98. The van der Waals surface area contributed by atoms with Gasteiger partial charge in [0, 0.05) is 54.0 Å². The number of piperidine rings is 1. The van der Waals surface area contributed by atoms with Crippen LogP contribution in [0.15, 0.2) is 60.9 Å². The Labute approximate surface area is 264 Å². The van der Waals surface area contributed by atoms with Crippen molar-refractivity contribution in [3.8, 4) is 6.07 Å². The van der Waals surface area contributed by atoms with Crippen molar-refractivity contribution in [2.75, 3.05) is 25.0 Å². The molecule has 2 atom stereocenters. The molecule has 4 heterocycles. The van der Waals surface area contributed by atoms with Crippen molar-refractivity contribution < 1.29 is 13.2 Å². The first-order valence-electron chi connectivity index (χ1n) is 15.3. The zero-order valence-electron chi connectivity index (χ0n) is 25.4. The van der Waals surface area contributed by atoms with E-state index in [4.69, 9.17) is 0 Å². The van der Waals surface area contributed by atoms with Crippen LogP contribution in [-0.2, 0) is 25.9 Å². The molecule has 0 unspecified atom stereocenters. The minimum Gasteiger partial charge on any atom is -0.365 e. The highest BCUT2D eigenvalue weighted by Crippen LogP contribution is 2.33. The molecule has 1 aliphatic rings. The summed E-state index contributed by atoms with van der Waals surface area (Å²) in [6, 6.07) is 20.7. The maximum Gasteiger partial charge on any atom is 0.393 e. The number of aromatic nitrogens is 3. The Kier molecular flexibility index (Phi) is 9.08. The second kappa shape index (κ2) is 13.2. The van der Waals surface area contributed by atoms with Crippen molar-refractivity contribution in [2.45, 2.75) is 64.5 Å². The molecule has 2 aromatic carbocycles. The average Bonchev–Trinajstić information content (AvgIpc) is 3.60. The van der Waals surface area contributed by atoms with E-state index in [2.05, 4.69) is 74.3 Å². The molecular formula is C34H36F3N7S. The quantitative estimate of drug-likeness (QED) is 0.176. The molecule has 234 valence electrons. The molecule has 0 amide bonds. The summed E-state index contributed by atoms with van der Waals surface area (Å²) in [6.07, 6.45) is -2.10. The molecule has 0 spiro atoms. The number of halogens is 3. The molecule has 6 rings (SSSR count). The lowest BCUT2D eigenvalue weighted by Gasteiger charge is -2.40. The fourth-order valence-corrected chi connectivity index (χ4v) is 7.46. The molecule has 0 radical (unpaired) electrons. The lowest BCUT2D eigenvalue weighted by Crippen LogP contribution is -2.56. The molecule has 45 heavy (non-hydrogen) atoms. The van der Waals surface area contributed by atoms with Crippen LogP contribution in [0.25, 0.3) is 21.1 Å². The minimum atomic E-state index is -4.27. The molecule has 0 aliphatic carbocycles. The molecule has 2 N–H and O–H groups in total. The number of hydrogen-bond donors (Lipinski definition) is 2. The molecule has 1 fully saturated rings. The number of rotatable bonds is 10. The lowest BCUT2D eigenvalue weighted by molar-refractivity contribution is -0.126. The molecular weight excluding hydrogens is 595 g/mol. The van der Waals surface area contributed by atoms with Gasteiger partial charge in [-0.15, -0.1) is 11.3 Å². The summed E-state index contributed by atoms with van der Waals surface area (Å²) < 4.78 is 41.4. The highest BCUT2D eigenvalue weighted by atomic mass is 32.1. The molecule has 0 saturated carbocycles. The zero-order chi connectivity index (χ0) is 31.6. The molecule has 5 aromatic rings. The van der Waals surface area contributed by atoms with Crippen LogP contribution < -0.4 is 10.6 Å². The highest BCUT2D eigenvalue weighted by molar-refractivity contribution is 7.18. The molecule has 7 nitrogen and oxygen atoms in total. The topological polar surface area (TPSA) is 81.8 Å². The van der Waals surface area contributed by atoms with Crippen molar-refractivity contribution in [3.63, 3.8) is 0 Å². The maximum absolute atomic E-state index is 13.1. The van der Waals surface area contributed by atoms with E-state index in [0.717, 1.165) is 67.8 Å². The number of likely N-dealkylation sites (tertiary alicyclic amines) is 1. The fourth-order valence-electron chi connectivity index (χ4n) is 6.44. The lowest BCUT2D eigenvalue weighted by atomic mass is 9.96. The van der Waals surface area contributed by atoms with Crippen LogP contribution in [0, 0.1) is 18.3 Å². The summed E-state index contributed by atoms with van der Waals surface area (Å²) in [7, 11) is 0. The number of aryl methyl sites for hydroxylation is 2. The van der Waals surface area contributed by atoms with Crippen molar-refractivity contribution in [3.05, 3.63) is 88.2 Å². The Bertz CT molecular complexity index is 1820. The third-order valence-electron chi connectivity index (χ3n) is 8.73.